The first kappa shape index (κ1) is 18.9. The van der Waals surface area contributed by atoms with Gasteiger partial charge >= 0.3 is 5.97 Å². The summed E-state index contributed by atoms with van der Waals surface area (Å²) in [7, 11) is 0. The van der Waals surface area contributed by atoms with Gasteiger partial charge in [0, 0.05) is 23.7 Å². The fourth-order valence-electron chi connectivity index (χ4n) is 5.37. The number of carbonyl (C=O) groups excluding carboxylic acids is 1. The average molecular weight is 348 g/mol. The molecule has 0 radical (unpaired) electrons. The largest absolute Gasteiger partial charge is 0.459 e. The summed E-state index contributed by atoms with van der Waals surface area (Å²) in [6.45, 7) is 5.44. The smallest absolute Gasteiger partial charge is 0.333 e. The fraction of sp³-hybridized carbons (Fsp3) is 0.864. The van der Waals surface area contributed by atoms with Crippen LogP contribution in [0.3, 0.4) is 0 Å². The van der Waals surface area contributed by atoms with Gasteiger partial charge in [-0.25, -0.2) is 4.79 Å². The van der Waals surface area contributed by atoms with Crippen LogP contribution < -0.4 is 0 Å². The molecule has 25 heavy (non-hydrogen) atoms. The summed E-state index contributed by atoms with van der Waals surface area (Å²) in [6.07, 6.45) is 18.7. The maximum absolute atomic E-state index is 11.8. The number of rotatable bonds is 5. The van der Waals surface area contributed by atoms with Crippen molar-refractivity contribution in [2.45, 2.75) is 121 Å². The Balaban J connectivity index is 1.59. The summed E-state index contributed by atoms with van der Waals surface area (Å²) >= 11 is 0. The van der Waals surface area contributed by atoms with Gasteiger partial charge in [-0.1, -0.05) is 45.1 Å². The van der Waals surface area contributed by atoms with Gasteiger partial charge < -0.3 is 4.74 Å². The van der Waals surface area contributed by atoms with Crippen molar-refractivity contribution in [3.05, 3.63) is 12.2 Å². The summed E-state index contributed by atoms with van der Waals surface area (Å²) in [5.41, 5.74) is 0.521. The van der Waals surface area contributed by atoms with Crippen molar-refractivity contribution in [3.63, 3.8) is 0 Å². The summed E-state index contributed by atoms with van der Waals surface area (Å²) < 4.78 is 5.61. The van der Waals surface area contributed by atoms with Gasteiger partial charge in [-0.2, -0.15) is 0 Å². The van der Waals surface area contributed by atoms with E-state index in [2.05, 4.69) is 11.5 Å². The zero-order valence-corrected chi connectivity index (χ0v) is 16.2. The van der Waals surface area contributed by atoms with Crippen molar-refractivity contribution in [2.24, 2.45) is 0 Å². The lowest BCUT2D eigenvalue weighted by Gasteiger charge is -2.48. The van der Waals surface area contributed by atoms with Crippen LogP contribution in [0.5, 0.6) is 0 Å². The molecule has 0 aromatic carbocycles. The predicted octanol–water partition coefficient (Wildman–Crippen LogP) is 5.38. The highest BCUT2D eigenvalue weighted by molar-refractivity contribution is 5.87. The lowest BCUT2D eigenvalue weighted by atomic mass is 9.83. The summed E-state index contributed by atoms with van der Waals surface area (Å²) in [4.78, 5) is 14.8. The van der Waals surface area contributed by atoms with Gasteiger partial charge in [0.25, 0.3) is 0 Å². The van der Waals surface area contributed by atoms with E-state index in [1.165, 1.54) is 77.0 Å². The minimum absolute atomic E-state index is 0.111. The van der Waals surface area contributed by atoms with E-state index in [-0.39, 0.29) is 12.1 Å². The Morgan fingerprint density at radius 2 is 1.20 bits per heavy atom. The normalized spacial score (nSPS) is 29.5. The van der Waals surface area contributed by atoms with Crippen LogP contribution in [0.4, 0.5) is 0 Å². The van der Waals surface area contributed by atoms with Crippen molar-refractivity contribution in [3.8, 4) is 0 Å². The zero-order valence-electron chi connectivity index (χ0n) is 16.2. The molecule has 0 aromatic rings. The number of hydrogen-bond acceptors (Lipinski definition) is 3. The Morgan fingerprint density at radius 1 is 0.760 bits per heavy atom. The Hall–Kier alpha value is -0.830. The van der Waals surface area contributed by atoms with E-state index in [9.17, 15) is 4.79 Å². The van der Waals surface area contributed by atoms with Crippen molar-refractivity contribution >= 4 is 5.97 Å². The Morgan fingerprint density at radius 3 is 1.64 bits per heavy atom. The van der Waals surface area contributed by atoms with Gasteiger partial charge in [0.2, 0.25) is 0 Å². The summed E-state index contributed by atoms with van der Waals surface area (Å²) in [5.74, 6) is -0.208. The Labute approximate surface area is 154 Å². The van der Waals surface area contributed by atoms with Gasteiger partial charge in [-0.3, -0.25) is 4.90 Å². The molecule has 3 aliphatic carbocycles. The molecule has 0 aromatic heterocycles. The highest BCUT2D eigenvalue weighted by Gasteiger charge is 2.36. The van der Waals surface area contributed by atoms with Gasteiger partial charge in [-0.05, 0) is 58.3 Å². The van der Waals surface area contributed by atoms with E-state index in [1.54, 1.807) is 6.92 Å². The monoisotopic (exact) mass is 347 g/mol. The highest BCUT2D eigenvalue weighted by Crippen LogP contribution is 2.36. The first-order valence-corrected chi connectivity index (χ1v) is 10.8. The second-order valence-electron chi connectivity index (χ2n) is 8.65. The Bertz CT molecular complexity index is 423. The summed E-state index contributed by atoms with van der Waals surface area (Å²) in [5, 5.41) is 0. The van der Waals surface area contributed by atoms with Crippen LogP contribution in [0.15, 0.2) is 12.2 Å². The topological polar surface area (TPSA) is 29.5 Å². The molecule has 0 amide bonds. The van der Waals surface area contributed by atoms with Crippen LogP contribution >= 0.6 is 0 Å². The average Bonchev–Trinajstić information content (AvgIpc) is 2.65. The van der Waals surface area contributed by atoms with E-state index in [0.717, 1.165) is 24.9 Å². The molecule has 0 heterocycles. The fourth-order valence-corrected chi connectivity index (χ4v) is 5.37. The molecule has 0 bridgehead atoms. The number of ether oxygens (including phenoxy) is 1. The van der Waals surface area contributed by atoms with E-state index in [1.807, 2.05) is 0 Å². The molecule has 0 spiro atoms. The van der Waals surface area contributed by atoms with Crippen molar-refractivity contribution in [1.29, 1.82) is 0 Å². The quantitative estimate of drug-likeness (QED) is 0.493. The highest BCUT2D eigenvalue weighted by atomic mass is 16.5. The maximum Gasteiger partial charge on any atom is 0.333 e. The zero-order chi connectivity index (χ0) is 17.6. The molecular weight excluding hydrogens is 310 g/mol. The van der Waals surface area contributed by atoms with Gasteiger partial charge in [0.15, 0.2) is 0 Å². The molecule has 3 fully saturated rings. The molecule has 3 aliphatic rings. The van der Waals surface area contributed by atoms with Gasteiger partial charge in [0.05, 0.1) is 0 Å². The van der Waals surface area contributed by atoms with Crippen LogP contribution in [0.1, 0.15) is 96.8 Å². The molecule has 3 rings (SSSR count). The number of carbonyl (C=O) groups is 1. The maximum atomic E-state index is 11.8. The van der Waals surface area contributed by atoms with Crippen LogP contribution in [0, 0.1) is 0 Å². The number of nitrogens with zero attached hydrogens (tertiary/aromatic N) is 1. The molecular formula is C22H37NO2. The van der Waals surface area contributed by atoms with E-state index in [0.29, 0.717) is 11.6 Å². The molecule has 142 valence electrons. The minimum atomic E-state index is -0.208. The predicted molar refractivity (Wildman–Crippen MR) is 103 cm³/mol. The Kier molecular flexibility index (Phi) is 6.98. The third-order valence-corrected chi connectivity index (χ3v) is 6.68. The van der Waals surface area contributed by atoms with Crippen LogP contribution in [-0.2, 0) is 9.53 Å². The van der Waals surface area contributed by atoms with Crippen LogP contribution in [-0.4, -0.2) is 35.1 Å². The van der Waals surface area contributed by atoms with Crippen LogP contribution in [0.25, 0.3) is 0 Å². The molecule has 0 unspecified atom stereocenters. The third-order valence-electron chi connectivity index (χ3n) is 6.68. The van der Waals surface area contributed by atoms with Crippen molar-refractivity contribution < 1.29 is 9.53 Å². The molecule has 0 N–H and O–H groups in total. The molecule has 3 heteroatoms. The molecule has 3 nitrogen and oxygen atoms in total. The second-order valence-corrected chi connectivity index (χ2v) is 8.65. The SMILES string of the molecule is C=C(C)C(=O)OC1CCC(N(C2CCCCC2)C2CCCCC2)CC1. The molecule has 0 aliphatic heterocycles. The van der Waals surface area contributed by atoms with E-state index >= 15 is 0 Å². The van der Waals surface area contributed by atoms with Crippen LogP contribution in [0.2, 0.25) is 0 Å². The van der Waals surface area contributed by atoms with Gasteiger partial charge in [-0.15, -0.1) is 0 Å². The summed E-state index contributed by atoms with van der Waals surface area (Å²) in [6, 6.07) is 2.35. The molecule has 3 saturated carbocycles. The van der Waals surface area contributed by atoms with Crippen molar-refractivity contribution in [2.75, 3.05) is 0 Å². The van der Waals surface area contributed by atoms with Crippen molar-refractivity contribution in [1.82, 2.24) is 4.90 Å². The van der Waals surface area contributed by atoms with E-state index in [4.69, 9.17) is 4.74 Å². The number of hydrogen-bond donors (Lipinski definition) is 0. The second kappa shape index (κ2) is 9.21. The third kappa shape index (κ3) is 5.09. The first-order valence-electron chi connectivity index (χ1n) is 10.8. The first-order chi connectivity index (χ1) is 12.1. The lowest BCUT2D eigenvalue weighted by molar-refractivity contribution is -0.146. The standard InChI is InChI=1S/C22H37NO2/c1-17(2)22(24)25-21-15-13-20(14-16-21)23(18-9-5-3-6-10-18)19-11-7-4-8-12-19/h18-21H,1,3-16H2,2H3. The van der Waals surface area contributed by atoms with Gasteiger partial charge in [0.1, 0.15) is 6.10 Å². The minimum Gasteiger partial charge on any atom is -0.459 e. The molecule has 0 saturated heterocycles. The number of esters is 1. The van der Waals surface area contributed by atoms with E-state index < -0.39 is 0 Å². The molecule has 0 atom stereocenters. The lowest BCUT2D eigenvalue weighted by Crippen LogP contribution is -2.52.